The average molecular weight is 571 g/mol. The van der Waals surface area contributed by atoms with Gasteiger partial charge >= 0.3 is 0 Å². The molecule has 4 aromatic carbocycles. The number of halogens is 1. The first-order chi connectivity index (χ1) is 20.5. The van der Waals surface area contributed by atoms with Gasteiger partial charge in [0.25, 0.3) is 0 Å². The molecule has 5 aromatic rings. The number of fused-ring (bicyclic) bond motifs is 1. The Kier molecular flexibility index (Phi) is 7.88. The largest absolute Gasteiger partial charge is 0.326 e. The summed E-state index contributed by atoms with van der Waals surface area (Å²) < 4.78 is 0. The minimum absolute atomic E-state index is 0.130. The van der Waals surface area contributed by atoms with E-state index in [0.29, 0.717) is 28.5 Å². The summed E-state index contributed by atoms with van der Waals surface area (Å²) in [6.07, 6.45) is 4.02. The molecule has 1 aromatic heterocycles. The van der Waals surface area contributed by atoms with Crippen molar-refractivity contribution in [1.29, 1.82) is 0 Å². The molecular formula is C35H27ClN4O2. The summed E-state index contributed by atoms with van der Waals surface area (Å²) >= 11 is 6.31. The summed E-state index contributed by atoms with van der Waals surface area (Å²) in [4.78, 5) is 35.1. The van der Waals surface area contributed by atoms with E-state index in [-0.39, 0.29) is 18.2 Å². The zero-order valence-electron chi connectivity index (χ0n) is 22.6. The van der Waals surface area contributed by atoms with Crippen molar-refractivity contribution in [3.8, 4) is 11.1 Å². The van der Waals surface area contributed by atoms with Crippen LogP contribution >= 0.6 is 11.6 Å². The predicted molar refractivity (Wildman–Crippen MR) is 168 cm³/mol. The summed E-state index contributed by atoms with van der Waals surface area (Å²) in [5.41, 5.74) is 7.61. The lowest BCUT2D eigenvalue weighted by atomic mass is 9.98. The van der Waals surface area contributed by atoms with Gasteiger partial charge in [-0.1, -0.05) is 84.4 Å². The van der Waals surface area contributed by atoms with E-state index < -0.39 is 6.04 Å². The quantitative estimate of drug-likeness (QED) is 0.221. The highest BCUT2D eigenvalue weighted by Gasteiger charge is 2.26. The van der Waals surface area contributed by atoms with Crippen molar-refractivity contribution in [2.75, 3.05) is 10.6 Å². The molecule has 1 aliphatic rings. The van der Waals surface area contributed by atoms with Crippen molar-refractivity contribution in [3.63, 3.8) is 0 Å². The summed E-state index contributed by atoms with van der Waals surface area (Å²) in [6.45, 7) is 0. The van der Waals surface area contributed by atoms with Gasteiger partial charge in [-0.2, -0.15) is 0 Å². The molecule has 2 amide bonds. The van der Waals surface area contributed by atoms with Crippen LogP contribution < -0.4 is 10.6 Å². The Morgan fingerprint density at radius 2 is 1.60 bits per heavy atom. The molecule has 0 saturated carbocycles. The number of benzene rings is 4. The van der Waals surface area contributed by atoms with E-state index in [1.165, 1.54) is 0 Å². The molecule has 42 heavy (non-hydrogen) atoms. The molecule has 0 spiro atoms. The van der Waals surface area contributed by atoms with Gasteiger partial charge in [0.05, 0.1) is 17.8 Å². The molecule has 0 bridgehead atoms. The smallest absolute Gasteiger partial charge is 0.249 e. The number of hydrogen-bond donors (Lipinski definition) is 2. The van der Waals surface area contributed by atoms with E-state index in [1.807, 2.05) is 72.8 Å². The highest BCUT2D eigenvalue weighted by atomic mass is 35.5. The number of pyridine rings is 1. The molecule has 0 saturated heterocycles. The standard InChI is InChI=1S/C35H27ClN4O2/c36-28-13-16-30-31(21-28)40-35(42)32(19-23-6-4-10-27(18-23)25-8-2-1-3-9-25)39-34(30)26-11-14-29(15-12-26)38-33(41)20-24-7-5-17-37-22-24/h1-18,21-22,32H,19-20H2,(H,38,41)(H,40,42). The first-order valence-electron chi connectivity index (χ1n) is 13.6. The SMILES string of the molecule is O=C(Cc1cccnc1)Nc1ccc(C2=NC(Cc3cccc(-c4ccccc4)c3)C(=O)Nc3cc(Cl)ccc32)cc1. The number of nitrogens with one attached hydrogen (secondary N) is 2. The van der Waals surface area contributed by atoms with Crippen molar-refractivity contribution in [1.82, 2.24) is 4.98 Å². The van der Waals surface area contributed by atoms with Crippen molar-refractivity contribution in [2.45, 2.75) is 18.9 Å². The molecular weight excluding hydrogens is 544 g/mol. The van der Waals surface area contributed by atoms with Crippen LogP contribution in [-0.2, 0) is 22.4 Å². The fraction of sp³-hybridized carbons (Fsp3) is 0.0857. The van der Waals surface area contributed by atoms with Gasteiger partial charge in [-0.15, -0.1) is 0 Å². The van der Waals surface area contributed by atoms with Crippen molar-refractivity contribution < 1.29 is 9.59 Å². The molecule has 1 atom stereocenters. The first kappa shape index (κ1) is 27.1. The molecule has 6 rings (SSSR count). The molecule has 2 N–H and O–H groups in total. The van der Waals surface area contributed by atoms with Crippen molar-refractivity contribution in [3.05, 3.63) is 149 Å². The summed E-state index contributed by atoms with van der Waals surface area (Å²) in [5, 5.41) is 6.50. The molecule has 6 nitrogen and oxygen atoms in total. The highest BCUT2D eigenvalue weighted by Crippen LogP contribution is 2.29. The van der Waals surface area contributed by atoms with Gasteiger partial charge in [-0.25, -0.2) is 0 Å². The number of aliphatic imine (C=N–C) groups is 1. The van der Waals surface area contributed by atoms with Crippen LogP contribution in [0.3, 0.4) is 0 Å². The lowest BCUT2D eigenvalue weighted by Gasteiger charge is -2.13. The highest BCUT2D eigenvalue weighted by molar-refractivity contribution is 6.31. The zero-order chi connectivity index (χ0) is 28.9. The number of nitrogens with zero attached hydrogens (tertiary/aromatic N) is 2. The Balaban J connectivity index is 1.28. The Labute approximate surface area is 249 Å². The summed E-state index contributed by atoms with van der Waals surface area (Å²) in [6, 6.07) is 34.3. The summed E-state index contributed by atoms with van der Waals surface area (Å²) in [5.74, 6) is -0.326. The van der Waals surface area contributed by atoms with Gasteiger partial charge in [-0.3, -0.25) is 19.6 Å². The van der Waals surface area contributed by atoms with E-state index in [4.69, 9.17) is 16.6 Å². The van der Waals surface area contributed by atoms with Gasteiger partial charge in [0, 0.05) is 40.7 Å². The second kappa shape index (κ2) is 12.2. The Morgan fingerprint density at radius 3 is 2.38 bits per heavy atom. The Morgan fingerprint density at radius 1 is 0.810 bits per heavy atom. The average Bonchev–Trinajstić information content (AvgIpc) is 3.14. The number of hydrogen-bond acceptors (Lipinski definition) is 4. The fourth-order valence-electron chi connectivity index (χ4n) is 5.03. The number of aromatic nitrogens is 1. The van der Waals surface area contributed by atoms with E-state index in [1.54, 1.807) is 24.5 Å². The summed E-state index contributed by atoms with van der Waals surface area (Å²) in [7, 11) is 0. The van der Waals surface area contributed by atoms with Crippen LogP contribution in [0.2, 0.25) is 5.02 Å². The fourth-order valence-corrected chi connectivity index (χ4v) is 5.20. The lowest BCUT2D eigenvalue weighted by Crippen LogP contribution is -2.27. The van der Waals surface area contributed by atoms with E-state index in [9.17, 15) is 9.59 Å². The van der Waals surface area contributed by atoms with E-state index >= 15 is 0 Å². The van der Waals surface area contributed by atoms with Crippen LogP contribution in [0.5, 0.6) is 0 Å². The first-order valence-corrected chi connectivity index (χ1v) is 14.0. The van der Waals surface area contributed by atoms with Crippen LogP contribution in [0.25, 0.3) is 11.1 Å². The number of rotatable bonds is 7. The minimum Gasteiger partial charge on any atom is -0.326 e. The normalized spacial score (nSPS) is 14.3. The number of anilines is 2. The van der Waals surface area contributed by atoms with Crippen LogP contribution in [0.1, 0.15) is 22.3 Å². The molecule has 0 aliphatic carbocycles. The van der Waals surface area contributed by atoms with E-state index in [2.05, 4.69) is 39.9 Å². The van der Waals surface area contributed by atoms with Gasteiger partial charge in [0.15, 0.2) is 0 Å². The third kappa shape index (κ3) is 6.29. The molecule has 1 unspecified atom stereocenters. The number of benzodiazepines with no additional fused rings is 1. The monoisotopic (exact) mass is 570 g/mol. The van der Waals surface area contributed by atoms with Crippen LogP contribution in [0.4, 0.5) is 11.4 Å². The maximum absolute atomic E-state index is 13.4. The second-order valence-electron chi connectivity index (χ2n) is 10.1. The molecule has 7 heteroatoms. The predicted octanol–water partition coefficient (Wildman–Crippen LogP) is 6.98. The number of carbonyl (C=O) groups excluding carboxylic acids is 2. The molecule has 206 valence electrons. The van der Waals surface area contributed by atoms with Crippen molar-refractivity contribution >= 4 is 40.5 Å². The Hall–Kier alpha value is -5.07. The molecule has 1 aliphatic heterocycles. The van der Waals surface area contributed by atoms with Gasteiger partial charge in [0.1, 0.15) is 6.04 Å². The maximum atomic E-state index is 13.4. The molecule has 0 fully saturated rings. The van der Waals surface area contributed by atoms with Crippen molar-refractivity contribution in [2.24, 2.45) is 4.99 Å². The third-order valence-electron chi connectivity index (χ3n) is 7.07. The van der Waals surface area contributed by atoms with Gasteiger partial charge in [0.2, 0.25) is 11.8 Å². The van der Waals surface area contributed by atoms with Crippen LogP contribution in [0, 0.1) is 0 Å². The third-order valence-corrected chi connectivity index (χ3v) is 7.31. The molecule has 2 heterocycles. The minimum atomic E-state index is -0.656. The van der Waals surface area contributed by atoms with Gasteiger partial charge < -0.3 is 10.6 Å². The number of carbonyl (C=O) groups is 2. The maximum Gasteiger partial charge on any atom is 0.249 e. The van der Waals surface area contributed by atoms with Crippen LogP contribution in [0.15, 0.2) is 127 Å². The second-order valence-corrected chi connectivity index (χ2v) is 10.5. The zero-order valence-corrected chi connectivity index (χ0v) is 23.4. The molecule has 0 radical (unpaired) electrons. The lowest BCUT2D eigenvalue weighted by molar-refractivity contribution is -0.117. The van der Waals surface area contributed by atoms with Crippen LogP contribution in [-0.4, -0.2) is 28.6 Å². The topological polar surface area (TPSA) is 83.5 Å². The Bertz CT molecular complexity index is 1770. The van der Waals surface area contributed by atoms with E-state index in [0.717, 1.165) is 33.4 Å². The number of amides is 2. The van der Waals surface area contributed by atoms with Gasteiger partial charge in [-0.05, 0) is 58.7 Å².